The maximum Gasteiger partial charge on any atom is 0.497 e. The minimum Gasteiger partial charge on any atom is -0.399 e. The molecule has 98 valence electrons. The van der Waals surface area contributed by atoms with Crippen molar-refractivity contribution in [3.05, 3.63) is 18.2 Å². The fourth-order valence-electron chi connectivity index (χ4n) is 1.97. The zero-order chi connectivity index (χ0) is 13.6. The van der Waals surface area contributed by atoms with E-state index in [1.165, 1.54) is 0 Å². The molecule has 5 heteroatoms. The fourth-order valence-corrected chi connectivity index (χ4v) is 1.97. The summed E-state index contributed by atoms with van der Waals surface area (Å²) in [6.45, 7) is 8.16. The maximum absolute atomic E-state index is 6.03. The van der Waals surface area contributed by atoms with Crippen LogP contribution in [0.25, 0.3) is 0 Å². The molecule has 0 aliphatic carbocycles. The minimum atomic E-state index is -0.388. The summed E-state index contributed by atoms with van der Waals surface area (Å²) in [5.41, 5.74) is 7.79. The SMILES string of the molecule is CNc1ccc(N)cc1B1OC(C)(C)C(C)(C)O1. The van der Waals surface area contributed by atoms with Crippen LogP contribution in [0.3, 0.4) is 0 Å². The lowest BCUT2D eigenvalue weighted by Gasteiger charge is -2.32. The highest BCUT2D eigenvalue weighted by Gasteiger charge is 2.52. The van der Waals surface area contributed by atoms with Crippen LogP contribution >= 0.6 is 0 Å². The van der Waals surface area contributed by atoms with Gasteiger partial charge in [-0.25, -0.2) is 0 Å². The molecule has 18 heavy (non-hydrogen) atoms. The molecule has 3 N–H and O–H groups in total. The maximum atomic E-state index is 6.03. The van der Waals surface area contributed by atoms with E-state index in [0.717, 1.165) is 11.2 Å². The van der Waals surface area contributed by atoms with Crippen LogP contribution in [-0.2, 0) is 9.31 Å². The predicted octanol–water partition coefficient (Wildman–Crippen LogP) is 1.61. The second-order valence-electron chi connectivity index (χ2n) is 5.68. The quantitative estimate of drug-likeness (QED) is 0.616. The molecule has 1 fully saturated rings. The lowest BCUT2D eigenvalue weighted by atomic mass is 9.77. The zero-order valence-corrected chi connectivity index (χ0v) is 11.7. The molecule has 1 aliphatic rings. The number of nitrogens with two attached hydrogens (primary N) is 1. The van der Waals surface area contributed by atoms with Gasteiger partial charge in [-0.05, 0) is 45.9 Å². The van der Waals surface area contributed by atoms with Gasteiger partial charge in [0.2, 0.25) is 0 Å². The van der Waals surface area contributed by atoms with Gasteiger partial charge in [0.15, 0.2) is 0 Å². The highest BCUT2D eigenvalue weighted by atomic mass is 16.7. The van der Waals surface area contributed by atoms with E-state index in [-0.39, 0.29) is 18.3 Å². The minimum absolute atomic E-state index is 0.340. The number of benzene rings is 1. The second-order valence-corrected chi connectivity index (χ2v) is 5.68. The Morgan fingerprint density at radius 2 is 1.67 bits per heavy atom. The van der Waals surface area contributed by atoms with Gasteiger partial charge in [0, 0.05) is 23.9 Å². The number of nitrogens with one attached hydrogen (secondary N) is 1. The van der Waals surface area contributed by atoms with E-state index in [1.807, 2.05) is 52.9 Å². The molecule has 2 rings (SSSR count). The van der Waals surface area contributed by atoms with Gasteiger partial charge >= 0.3 is 7.12 Å². The normalized spacial score (nSPS) is 21.1. The van der Waals surface area contributed by atoms with Gasteiger partial charge in [0.1, 0.15) is 0 Å². The number of rotatable bonds is 2. The monoisotopic (exact) mass is 248 g/mol. The van der Waals surface area contributed by atoms with E-state index in [1.54, 1.807) is 0 Å². The van der Waals surface area contributed by atoms with Crippen LogP contribution in [0.1, 0.15) is 27.7 Å². The lowest BCUT2D eigenvalue weighted by Crippen LogP contribution is -2.41. The highest BCUT2D eigenvalue weighted by molar-refractivity contribution is 6.64. The molecule has 0 atom stereocenters. The Morgan fingerprint density at radius 3 is 2.17 bits per heavy atom. The van der Waals surface area contributed by atoms with E-state index in [4.69, 9.17) is 15.0 Å². The van der Waals surface area contributed by atoms with Crippen LogP contribution in [0, 0.1) is 0 Å². The first-order chi connectivity index (χ1) is 8.27. The molecule has 1 aromatic rings. The Hall–Kier alpha value is -1.20. The smallest absolute Gasteiger partial charge is 0.399 e. The standard InChI is InChI=1S/C13H21BN2O2/c1-12(2)13(3,4)18-14(17-12)10-8-9(15)6-7-11(10)16-5/h6-8,16H,15H2,1-5H3. The Balaban J connectivity index is 2.37. The molecule has 0 amide bonds. The van der Waals surface area contributed by atoms with Crippen LogP contribution in [0.5, 0.6) is 0 Å². The molecular formula is C13H21BN2O2. The summed E-state index contributed by atoms with van der Waals surface area (Å²) < 4.78 is 12.1. The van der Waals surface area contributed by atoms with Gasteiger partial charge in [0.25, 0.3) is 0 Å². The summed E-state index contributed by atoms with van der Waals surface area (Å²) in [5.74, 6) is 0. The number of hydrogen-bond acceptors (Lipinski definition) is 4. The molecule has 1 aromatic carbocycles. The molecule has 4 nitrogen and oxygen atoms in total. The van der Waals surface area contributed by atoms with Crippen LogP contribution < -0.4 is 16.5 Å². The molecule has 1 aliphatic heterocycles. The molecule has 0 aromatic heterocycles. The number of nitrogen functional groups attached to an aromatic ring is 1. The van der Waals surface area contributed by atoms with Crippen molar-refractivity contribution in [2.75, 3.05) is 18.1 Å². The van der Waals surface area contributed by atoms with Crippen molar-refractivity contribution in [2.24, 2.45) is 0 Å². The van der Waals surface area contributed by atoms with Crippen molar-refractivity contribution in [3.63, 3.8) is 0 Å². The van der Waals surface area contributed by atoms with E-state index in [9.17, 15) is 0 Å². The van der Waals surface area contributed by atoms with E-state index in [2.05, 4.69) is 5.32 Å². The van der Waals surface area contributed by atoms with Crippen molar-refractivity contribution in [1.29, 1.82) is 0 Å². The molecule has 0 spiro atoms. The first kappa shape index (κ1) is 13.2. The summed E-state index contributed by atoms with van der Waals surface area (Å²) in [4.78, 5) is 0. The topological polar surface area (TPSA) is 56.5 Å². The molecule has 0 unspecified atom stereocenters. The molecular weight excluding hydrogens is 227 g/mol. The molecule has 0 radical (unpaired) electrons. The van der Waals surface area contributed by atoms with Gasteiger partial charge in [-0.15, -0.1) is 0 Å². The second kappa shape index (κ2) is 4.18. The van der Waals surface area contributed by atoms with E-state index < -0.39 is 0 Å². The highest BCUT2D eigenvalue weighted by Crippen LogP contribution is 2.37. The fraction of sp³-hybridized carbons (Fsp3) is 0.538. The van der Waals surface area contributed by atoms with E-state index in [0.29, 0.717) is 5.69 Å². The molecule has 0 saturated carbocycles. The summed E-state index contributed by atoms with van der Waals surface area (Å²) in [6.07, 6.45) is 0. The third-order valence-electron chi connectivity index (χ3n) is 3.85. The first-order valence-corrected chi connectivity index (χ1v) is 6.20. The number of anilines is 2. The van der Waals surface area contributed by atoms with Gasteiger partial charge in [-0.3, -0.25) is 0 Å². The zero-order valence-electron chi connectivity index (χ0n) is 11.7. The van der Waals surface area contributed by atoms with Crippen molar-refractivity contribution in [2.45, 2.75) is 38.9 Å². The first-order valence-electron chi connectivity index (χ1n) is 6.20. The van der Waals surface area contributed by atoms with Crippen LogP contribution in [0.4, 0.5) is 11.4 Å². The third kappa shape index (κ3) is 2.08. The predicted molar refractivity (Wildman–Crippen MR) is 76.1 cm³/mol. The number of hydrogen-bond donors (Lipinski definition) is 2. The van der Waals surface area contributed by atoms with Crippen molar-refractivity contribution in [1.82, 2.24) is 0 Å². The lowest BCUT2D eigenvalue weighted by molar-refractivity contribution is 0.00578. The van der Waals surface area contributed by atoms with E-state index >= 15 is 0 Å². The van der Waals surface area contributed by atoms with Gasteiger partial charge in [-0.1, -0.05) is 0 Å². The Bertz CT molecular complexity index is 444. The Kier molecular flexibility index (Phi) is 3.07. The largest absolute Gasteiger partial charge is 0.497 e. The van der Waals surface area contributed by atoms with Crippen molar-refractivity contribution in [3.8, 4) is 0 Å². The van der Waals surface area contributed by atoms with Crippen LogP contribution in [0.15, 0.2) is 18.2 Å². The van der Waals surface area contributed by atoms with Crippen molar-refractivity contribution < 1.29 is 9.31 Å². The average molecular weight is 248 g/mol. The average Bonchev–Trinajstić information content (AvgIpc) is 2.48. The van der Waals surface area contributed by atoms with Gasteiger partial charge < -0.3 is 20.4 Å². The van der Waals surface area contributed by atoms with Gasteiger partial charge in [0.05, 0.1) is 11.2 Å². The van der Waals surface area contributed by atoms with Gasteiger partial charge in [-0.2, -0.15) is 0 Å². The summed E-state index contributed by atoms with van der Waals surface area (Å²) >= 11 is 0. The Morgan fingerprint density at radius 1 is 1.11 bits per heavy atom. The van der Waals surface area contributed by atoms with Crippen LogP contribution in [0.2, 0.25) is 0 Å². The van der Waals surface area contributed by atoms with Crippen molar-refractivity contribution >= 4 is 24.0 Å². The Labute approximate surface area is 109 Å². The third-order valence-corrected chi connectivity index (χ3v) is 3.85. The molecule has 0 bridgehead atoms. The summed E-state index contributed by atoms with van der Waals surface area (Å²) in [6, 6.07) is 5.70. The van der Waals surface area contributed by atoms with Crippen LogP contribution in [-0.4, -0.2) is 25.4 Å². The summed E-state index contributed by atoms with van der Waals surface area (Å²) in [5, 5.41) is 3.14. The molecule has 1 saturated heterocycles. The summed E-state index contributed by atoms with van der Waals surface area (Å²) in [7, 11) is 1.49. The molecule has 1 heterocycles.